The molecule has 0 bridgehead atoms. The van der Waals surface area contributed by atoms with Crippen LogP contribution in [0, 0.1) is 6.92 Å². The van der Waals surface area contributed by atoms with Crippen LogP contribution in [0.3, 0.4) is 0 Å². The maximum absolute atomic E-state index is 12.2. The molecule has 2 amide bonds. The Kier molecular flexibility index (Phi) is 5.11. The molecule has 0 spiro atoms. The lowest BCUT2D eigenvalue weighted by Crippen LogP contribution is -2.21. The number of urea groups is 1. The quantitative estimate of drug-likeness (QED) is 0.690. The number of aromatic nitrogens is 3. The van der Waals surface area contributed by atoms with Crippen LogP contribution in [0.25, 0.3) is 11.3 Å². The Morgan fingerprint density at radius 3 is 2.68 bits per heavy atom. The molecule has 0 saturated heterocycles. The number of halogens is 2. The highest BCUT2D eigenvalue weighted by Crippen LogP contribution is 2.29. The van der Waals surface area contributed by atoms with Gasteiger partial charge in [0.2, 0.25) is 5.95 Å². The monoisotopic (exact) mass is 373 g/mol. The lowest BCUT2D eigenvalue weighted by atomic mass is 10.2. The summed E-state index contributed by atoms with van der Waals surface area (Å²) in [6.07, 6.45) is 3.37. The molecule has 0 atom stereocenters. The van der Waals surface area contributed by atoms with Crippen molar-refractivity contribution in [1.29, 1.82) is 0 Å². The van der Waals surface area contributed by atoms with E-state index in [-0.39, 0.29) is 11.0 Å². The van der Waals surface area contributed by atoms with Crippen molar-refractivity contribution in [3.05, 3.63) is 64.5 Å². The van der Waals surface area contributed by atoms with Gasteiger partial charge in [0.05, 0.1) is 21.4 Å². The van der Waals surface area contributed by atoms with Crippen molar-refractivity contribution in [1.82, 2.24) is 15.0 Å². The number of carbonyl (C=O) groups excluding carboxylic acids is 1. The molecule has 25 heavy (non-hydrogen) atoms. The predicted molar refractivity (Wildman–Crippen MR) is 99.1 cm³/mol. The Hall–Kier alpha value is -2.70. The average molecular weight is 374 g/mol. The minimum Gasteiger partial charge on any atom is -0.306 e. The standard InChI is InChI=1S/C17H13Cl2N5O/c1-10-8-14(11-4-3-7-20-9-11)22-16(21-10)24-17(25)23-13-6-2-5-12(18)15(13)19/h2-9H,1H3,(H2,21,22,23,24,25). The van der Waals surface area contributed by atoms with Crippen molar-refractivity contribution < 1.29 is 4.79 Å². The highest BCUT2D eigenvalue weighted by Gasteiger charge is 2.11. The second kappa shape index (κ2) is 7.46. The number of hydrogen-bond acceptors (Lipinski definition) is 4. The smallest absolute Gasteiger partial charge is 0.306 e. The molecule has 0 aliphatic rings. The first-order valence-corrected chi connectivity index (χ1v) is 8.06. The van der Waals surface area contributed by atoms with Gasteiger partial charge in [0.25, 0.3) is 0 Å². The van der Waals surface area contributed by atoms with Crippen molar-refractivity contribution in [3.63, 3.8) is 0 Å². The minimum absolute atomic E-state index is 0.175. The van der Waals surface area contributed by atoms with Gasteiger partial charge < -0.3 is 5.32 Å². The molecule has 1 aromatic carbocycles. The fraction of sp³-hybridized carbons (Fsp3) is 0.0588. The third-order valence-corrected chi connectivity index (χ3v) is 4.06. The number of amides is 2. The van der Waals surface area contributed by atoms with Gasteiger partial charge in [-0.15, -0.1) is 0 Å². The molecule has 0 fully saturated rings. The number of pyridine rings is 1. The molecule has 6 nitrogen and oxygen atoms in total. The first kappa shape index (κ1) is 17.1. The molecule has 3 aromatic rings. The zero-order chi connectivity index (χ0) is 17.8. The van der Waals surface area contributed by atoms with E-state index < -0.39 is 6.03 Å². The highest BCUT2D eigenvalue weighted by atomic mass is 35.5. The van der Waals surface area contributed by atoms with Gasteiger partial charge >= 0.3 is 6.03 Å². The van der Waals surface area contributed by atoms with Crippen molar-refractivity contribution in [2.24, 2.45) is 0 Å². The topological polar surface area (TPSA) is 79.8 Å². The first-order valence-electron chi connectivity index (χ1n) is 7.31. The van der Waals surface area contributed by atoms with E-state index in [0.717, 1.165) is 5.56 Å². The summed E-state index contributed by atoms with van der Waals surface area (Å²) >= 11 is 12.0. The molecule has 0 unspecified atom stereocenters. The summed E-state index contributed by atoms with van der Waals surface area (Å²) < 4.78 is 0. The van der Waals surface area contributed by atoms with Gasteiger partial charge in [0.15, 0.2) is 0 Å². The van der Waals surface area contributed by atoms with Crippen LogP contribution >= 0.6 is 23.2 Å². The van der Waals surface area contributed by atoms with E-state index in [1.165, 1.54) is 0 Å². The molecular formula is C17H13Cl2N5O. The van der Waals surface area contributed by atoms with Crippen LogP contribution in [-0.2, 0) is 0 Å². The molecule has 2 heterocycles. The van der Waals surface area contributed by atoms with Crippen LogP contribution in [0.2, 0.25) is 10.0 Å². The van der Waals surface area contributed by atoms with Crippen molar-refractivity contribution in [3.8, 4) is 11.3 Å². The number of nitrogens with one attached hydrogen (secondary N) is 2. The number of rotatable bonds is 3. The Morgan fingerprint density at radius 2 is 1.92 bits per heavy atom. The molecule has 3 rings (SSSR count). The molecule has 8 heteroatoms. The Balaban J connectivity index is 1.80. The molecule has 0 aliphatic heterocycles. The third-order valence-electron chi connectivity index (χ3n) is 3.24. The molecular weight excluding hydrogens is 361 g/mol. The summed E-state index contributed by atoms with van der Waals surface area (Å²) in [4.78, 5) is 24.8. The summed E-state index contributed by atoms with van der Waals surface area (Å²) in [6, 6.07) is 9.95. The van der Waals surface area contributed by atoms with Gasteiger partial charge in [0.1, 0.15) is 0 Å². The average Bonchev–Trinajstić information content (AvgIpc) is 2.59. The highest BCUT2D eigenvalue weighted by molar-refractivity contribution is 6.44. The maximum Gasteiger partial charge on any atom is 0.326 e. The van der Waals surface area contributed by atoms with Gasteiger partial charge in [-0.25, -0.2) is 14.8 Å². The van der Waals surface area contributed by atoms with E-state index >= 15 is 0 Å². The van der Waals surface area contributed by atoms with E-state index in [1.807, 2.05) is 25.1 Å². The van der Waals surface area contributed by atoms with Crippen LogP contribution in [0.15, 0.2) is 48.8 Å². The zero-order valence-electron chi connectivity index (χ0n) is 13.1. The molecule has 2 aromatic heterocycles. The van der Waals surface area contributed by atoms with Crippen molar-refractivity contribution >= 4 is 40.9 Å². The number of aryl methyl sites for hydroxylation is 1. The summed E-state index contributed by atoms with van der Waals surface area (Å²) in [5.41, 5.74) is 2.60. The van der Waals surface area contributed by atoms with E-state index in [1.54, 1.807) is 30.6 Å². The van der Waals surface area contributed by atoms with Gasteiger partial charge in [-0.3, -0.25) is 10.3 Å². The minimum atomic E-state index is -0.521. The number of anilines is 2. The summed E-state index contributed by atoms with van der Waals surface area (Å²) in [6.45, 7) is 1.82. The van der Waals surface area contributed by atoms with E-state index in [4.69, 9.17) is 23.2 Å². The molecule has 2 N–H and O–H groups in total. The SMILES string of the molecule is Cc1cc(-c2cccnc2)nc(NC(=O)Nc2cccc(Cl)c2Cl)n1. The largest absolute Gasteiger partial charge is 0.326 e. The van der Waals surface area contributed by atoms with Crippen LogP contribution in [-0.4, -0.2) is 21.0 Å². The van der Waals surface area contributed by atoms with Crippen LogP contribution in [0.5, 0.6) is 0 Å². The Labute approximate surface area is 154 Å². The van der Waals surface area contributed by atoms with Gasteiger partial charge in [-0.2, -0.15) is 0 Å². The first-order chi connectivity index (χ1) is 12.0. The van der Waals surface area contributed by atoms with Gasteiger partial charge in [-0.05, 0) is 37.3 Å². The zero-order valence-corrected chi connectivity index (χ0v) is 14.6. The Morgan fingerprint density at radius 1 is 1.08 bits per heavy atom. The predicted octanol–water partition coefficient (Wildman–Crippen LogP) is 4.80. The second-order valence-corrected chi connectivity index (χ2v) is 5.93. The molecule has 126 valence electrons. The summed E-state index contributed by atoms with van der Waals surface area (Å²) in [7, 11) is 0. The summed E-state index contributed by atoms with van der Waals surface area (Å²) in [5, 5.41) is 5.83. The fourth-order valence-electron chi connectivity index (χ4n) is 2.14. The molecule has 0 aliphatic carbocycles. The lowest BCUT2D eigenvalue weighted by molar-refractivity contribution is 0.262. The normalized spacial score (nSPS) is 10.4. The second-order valence-electron chi connectivity index (χ2n) is 5.14. The molecule has 0 radical (unpaired) electrons. The van der Waals surface area contributed by atoms with Crippen LogP contribution in [0.4, 0.5) is 16.4 Å². The fourth-order valence-corrected chi connectivity index (χ4v) is 2.49. The van der Waals surface area contributed by atoms with Crippen molar-refractivity contribution in [2.45, 2.75) is 6.92 Å². The van der Waals surface area contributed by atoms with Gasteiger partial charge in [-0.1, -0.05) is 29.3 Å². The summed E-state index contributed by atoms with van der Waals surface area (Å²) in [5.74, 6) is 0.175. The van der Waals surface area contributed by atoms with Gasteiger partial charge in [0, 0.05) is 23.7 Å². The van der Waals surface area contributed by atoms with Crippen LogP contribution < -0.4 is 10.6 Å². The lowest BCUT2D eigenvalue weighted by Gasteiger charge is -2.10. The number of benzene rings is 1. The van der Waals surface area contributed by atoms with Crippen molar-refractivity contribution in [2.75, 3.05) is 10.6 Å². The van der Waals surface area contributed by atoms with E-state index in [9.17, 15) is 4.79 Å². The number of carbonyl (C=O) groups is 1. The number of hydrogen-bond donors (Lipinski definition) is 2. The Bertz CT molecular complexity index is 918. The molecule has 0 saturated carbocycles. The maximum atomic E-state index is 12.2. The van der Waals surface area contributed by atoms with E-state index in [0.29, 0.717) is 22.1 Å². The third kappa shape index (κ3) is 4.23. The number of nitrogens with zero attached hydrogens (tertiary/aromatic N) is 3. The van der Waals surface area contributed by atoms with Crippen LogP contribution in [0.1, 0.15) is 5.69 Å². The van der Waals surface area contributed by atoms with E-state index in [2.05, 4.69) is 25.6 Å².